The summed E-state index contributed by atoms with van der Waals surface area (Å²) in [7, 11) is 0. The second-order valence-electron chi connectivity index (χ2n) is 14.1. The normalized spacial score (nSPS) is 41.1. The van der Waals surface area contributed by atoms with Gasteiger partial charge in [0.05, 0.1) is 0 Å². The van der Waals surface area contributed by atoms with Crippen molar-refractivity contribution in [2.75, 3.05) is 4.43 Å². The molecule has 0 bridgehead atoms. The summed E-state index contributed by atoms with van der Waals surface area (Å²) in [6.45, 7) is 5.01. The number of ketones is 1. The molecule has 1 saturated carbocycles. The average Bonchev–Trinajstić information content (AvgIpc) is 3.81. The Hall–Kier alpha value is -1.63. The number of Topliss-reactive ketones (excluding diaryl/α,β-unsaturated/α-hetero) is 1. The Labute approximate surface area is 266 Å². The molecule has 3 nitrogen and oxygen atoms in total. The number of halogens is 2. The summed E-state index contributed by atoms with van der Waals surface area (Å²) >= 11 is 6.87. The topological polar surface area (TPSA) is 40.5 Å². The zero-order chi connectivity index (χ0) is 28.7. The molecule has 0 aromatic heterocycles. The molecule has 5 heteroatoms. The zero-order valence-electron chi connectivity index (χ0n) is 24.7. The van der Waals surface area contributed by atoms with Gasteiger partial charge in [0.25, 0.3) is 0 Å². The number of rotatable bonds is 3. The number of aliphatic hydroxyl groups excluding tert-OH is 1. The van der Waals surface area contributed by atoms with Gasteiger partial charge in [0.15, 0.2) is 0 Å². The first-order valence-corrected chi connectivity index (χ1v) is 19.4. The van der Waals surface area contributed by atoms with E-state index in [-0.39, 0.29) is 37.8 Å². The van der Waals surface area contributed by atoms with Crippen LogP contribution in [-0.2, 0) is 4.79 Å². The van der Waals surface area contributed by atoms with Crippen molar-refractivity contribution in [3.05, 3.63) is 93.8 Å². The SMILES string of the molecule is CC1(C)C2=CCCC=C2N(C2CC=CCC2)C2CCC3C=C(/C=C4/C(=O)C5=C(C(Cl)CC=C5C5C[I-]5)C4O)C=CC3C21. The summed E-state index contributed by atoms with van der Waals surface area (Å²) in [5.41, 5.74) is 7.54. The molecule has 0 amide bonds. The van der Waals surface area contributed by atoms with E-state index in [9.17, 15) is 9.90 Å². The Morgan fingerprint density at radius 3 is 2.69 bits per heavy atom. The standard InChI is InChI=1S/C37H42ClINO2/c1-37(2)27-10-6-7-11-30(27)40(23-8-4-3-5-9-23)31-17-13-22-18-21(12-14-24(22)34(31)37)19-26-35(41)32-25(29-20-39-29)15-16-28(38)33(32)36(26)42/h3-4,10-12,14-15,18-19,22-24,28-29,31,34,36,42H,5-9,13,16-17,20H2,1-2H3/q-1/b26-19-. The quantitative estimate of drug-likeness (QED) is 0.209. The number of fused-ring (bicyclic) bond motifs is 4. The fourth-order valence-electron chi connectivity index (χ4n) is 9.57. The van der Waals surface area contributed by atoms with Gasteiger partial charge < -0.3 is 4.90 Å². The van der Waals surface area contributed by atoms with E-state index in [2.05, 4.69) is 67.4 Å². The third kappa shape index (κ3) is 4.32. The van der Waals surface area contributed by atoms with Crippen LogP contribution in [0.3, 0.4) is 0 Å². The molecule has 222 valence electrons. The first-order chi connectivity index (χ1) is 20.3. The molecule has 0 aromatic carbocycles. The number of likely N-dealkylation sites (tertiary alicyclic amines) is 1. The van der Waals surface area contributed by atoms with Gasteiger partial charge in [-0.2, -0.15) is 0 Å². The zero-order valence-corrected chi connectivity index (χ0v) is 27.7. The van der Waals surface area contributed by atoms with Gasteiger partial charge in [-0.15, -0.1) is 0 Å². The van der Waals surface area contributed by atoms with Crippen LogP contribution in [0.15, 0.2) is 93.8 Å². The number of piperidine rings is 1. The molecule has 42 heavy (non-hydrogen) atoms. The van der Waals surface area contributed by atoms with Gasteiger partial charge >= 0.3 is 175 Å². The van der Waals surface area contributed by atoms with E-state index in [0.717, 1.165) is 48.8 Å². The number of carbonyl (C=O) groups excluding carboxylic acids is 1. The number of carbonyl (C=O) groups is 1. The number of aliphatic hydroxyl groups is 1. The van der Waals surface area contributed by atoms with E-state index in [1.807, 2.05) is 6.08 Å². The van der Waals surface area contributed by atoms with Crippen molar-refractivity contribution in [3.63, 3.8) is 0 Å². The van der Waals surface area contributed by atoms with Gasteiger partial charge in [0.1, 0.15) is 0 Å². The summed E-state index contributed by atoms with van der Waals surface area (Å²) in [6.07, 6.45) is 29.3. The van der Waals surface area contributed by atoms with Crippen LogP contribution in [0.25, 0.3) is 0 Å². The second kappa shape index (κ2) is 10.5. The van der Waals surface area contributed by atoms with Crippen molar-refractivity contribution in [2.45, 2.75) is 92.7 Å². The van der Waals surface area contributed by atoms with Gasteiger partial charge in [-0.1, -0.05) is 38.2 Å². The molecule has 0 spiro atoms. The van der Waals surface area contributed by atoms with Crippen LogP contribution in [0.4, 0.5) is 0 Å². The van der Waals surface area contributed by atoms with Crippen molar-refractivity contribution in [2.24, 2.45) is 23.2 Å². The molecule has 0 aromatic rings. The van der Waals surface area contributed by atoms with E-state index < -0.39 is 6.10 Å². The van der Waals surface area contributed by atoms with Crippen molar-refractivity contribution in [1.82, 2.24) is 4.90 Å². The minimum atomic E-state index is -0.878. The van der Waals surface area contributed by atoms with Crippen LogP contribution < -0.4 is 21.2 Å². The molecule has 8 aliphatic rings. The first kappa shape index (κ1) is 27.9. The van der Waals surface area contributed by atoms with Crippen LogP contribution >= 0.6 is 11.6 Å². The molecular weight excluding hydrogens is 653 g/mol. The van der Waals surface area contributed by atoms with Crippen molar-refractivity contribution in [1.29, 1.82) is 0 Å². The molecule has 8 rings (SSSR count). The van der Waals surface area contributed by atoms with Crippen LogP contribution in [0.5, 0.6) is 0 Å². The number of alkyl halides is 3. The van der Waals surface area contributed by atoms with Crippen LogP contribution in [0.1, 0.15) is 65.2 Å². The number of allylic oxidation sites excluding steroid dienone is 12. The molecular formula is C37H42ClINO2-. The number of hydrogen-bond donors (Lipinski definition) is 1. The van der Waals surface area contributed by atoms with Gasteiger partial charge in [0, 0.05) is 11.7 Å². The Bertz CT molecular complexity index is 1470. The minimum absolute atomic E-state index is 0.0132. The molecule has 2 aliphatic heterocycles. The fourth-order valence-corrected chi connectivity index (χ4v) is 11.7. The van der Waals surface area contributed by atoms with Crippen molar-refractivity contribution >= 4 is 17.4 Å². The van der Waals surface area contributed by atoms with E-state index in [0.29, 0.717) is 39.3 Å². The Kier molecular flexibility index (Phi) is 6.96. The Balaban J connectivity index is 1.10. The van der Waals surface area contributed by atoms with Gasteiger partial charge in [-0.05, 0) is 37.7 Å². The summed E-state index contributed by atoms with van der Waals surface area (Å²) in [4.78, 5) is 16.6. The fraction of sp³-hybridized carbons (Fsp3) is 0.541. The van der Waals surface area contributed by atoms with E-state index in [1.165, 1.54) is 35.0 Å². The Morgan fingerprint density at radius 1 is 1.07 bits per heavy atom. The predicted molar refractivity (Wildman–Crippen MR) is 166 cm³/mol. The molecule has 0 radical (unpaired) electrons. The van der Waals surface area contributed by atoms with Gasteiger partial charge in [0.2, 0.25) is 0 Å². The van der Waals surface area contributed by atoms with Crippen molar-refractivity contribution < 1.29 is 31.1 Å². The van der Waals surface area contributed by atoms with E-state index >= 15 is 0 Å². The monoisotopic (exact) mass is 694 g/mol. The molecule has 2 saturated heterocycles. The van der Waals surface area contributed by atoms with E-state index in [1.54, 1.807) is 5.57 Å². The van der Waals surface area contributed by atoms with Gasteiger partial charge in [-0.3, -0.25) is 0 Å². The van der Waals surface area contributed by atoms with Crippen LogP contribution in [-0.4, -0.2) is 47.7 Å². The maximum absolute atomic E-state index is 13.7. The number of nitrogens with zero attached hydrogens (tertiary/aromatic N) is 1. The van der Waals surface area contributed by atoms with E-state index in [4.69, 9.17) is 11.6 Å². The maximum atomic E-state index is 13.7. The van der Waals surface area contributed by atoms with Crippen molar-refractivity contribution in [3.8, 4) is 0 Å². The second-order valence-corrected chi connectivity index (χ2v) is 17.9. The molecule has 6 aliphatic carbocycles. The third-order valence-electron chi connectivity index (χ3n) is 11.5. The molecule has 3 fully saturated rings. The summed E-state index contributed by atoms with van der Waals surface area (Å²) in [5, 5.41) is 11.1. The average molecular weight is 695 g/mol. The first-order valence-electron chi connectivity index (χ1n) is 16.2. The number of hydrogen-bond acceptors (Lipinski definition) is 3. The summed E-state index contributed by atoms with van der Waals surface area (Å²) in [6, 6.07) is 1.16. The third-order valence-corrected chi connectivity index (χ3v) is 14.3. The van der Waals surface area contributed by atoms with Crippen LogP contribution in [0, 0.1) is 23.2 Å². The summed E-state index contributed by atoms with van der Waals surface area (Å²) < 4.78 is 1.82. The molecule has 1 N–H and O–H groups in total. The molecule has 2 heterocycles. The Morgan fingerprint density at radius 2 is 1.90 bits per heavy atom. The van der Waals surface area contributed by atoms with Gasteiger partial charge in [-0.25, -0.2) is 0 Å². The summed E-state index contributed by atoms with van der Waals surface area (Å²) in [5.74, 6) is 1.49. The molecule has 8 atom stereocenters. The molecule has 8 unspecified atom stereocenters. The van der Waals surface area contributed by atoms with Crippen LogP contribution in [0.2, 0.25) is 0 Å². The predicted octanol–water partition coefficient (Wildman–Crippen LogP) is 4.12.